The molecule has 1 aliphatic heterocycles. The molecule has 0 saturated carbocycles. The Bertz CT molecular complexity index is 902. The van der Waals surface area contributed by atoms with Crippen molar-refractivity contribution in [2.75, 3.05) is 41.9 Å². The summed E-state index contributed by atoms with van der Waals surface area (Å²) in [5.74, 6) is -2.24. The third-order valence-electron chi connectivity index (χ3n) is 5.36. The molecule has 1 heterocycles. The van der Waals surface area contributed by atoms with Gasteiger partial charge in [-0.15, -0.1) is 0 Å². The number of alkyl halides is 3. The fraction of sp³-hybridized carbons (Fsp3) is 0.455. The first-order valence-corrected chi connectivity index (χ1v) is 9.60. The van der Waals surface area contributed by atoms with Gasteiger partial charge in [-0.2, -0.15) is 13.2 Å². The quantitative estimate of drug-likeness (QED) is 0.631. The van der Waals surface area contributed by atoms with Crippen LogP contribution < -0.4 is 0 Å². The molecular weight excluding hydrogens is 413 g/mol. The van der Waals surface area contributed by atoms with Crippen LogP contribution in [0.3, 0.4) is 0 Å². The molecule has 0 N–H and O–H groups in total. The lowest BCUT2D eigenvalue weighted by Gasteiger charge is -2.37. The molecule has 0 radical (unpaired) electrons. The van der Waals surface area contributed by atoms with Gasteiger partial charge in [0.2, 0.25) is 0 Å². The highest BCUT2D eigenvalue weighted by Gasteiger charge is 2.41. The SMILES string of the molecule is COC(=O)C1=C(C)N(C)C(CCN(C)C)=C(C(=O)OC)C1c1ccc(C(F)(F)F)cc1. The average molecular weight is 440 g/mol. The van der Waals surface area contributed by atoms with Crippen LogP contribution in [-0.2, 0) is 25.2 Å². The highest BCUT2D eigenvalue weighted by Crippen LogP contribution is 2.43. The molecule has 6 nitrogen and oxygen atoms in total. The molecule has 1 aromatic carbocycles. The number of carbonyl (C=O) groups excluding carboxylic acids is 2. The summed E-state index contributed by atoms with van der Waals surface area (Å²) in [4.78, 5) is 29.2. The number of benzene rings is 1. The summed E-state index contributed by atoms with van der Waals surface area (Å²) in [6.45, 7) is 2.33. The Kier molecular flexibility index (Phi) is 7.54. The summed E-state index contributed by atoms with van der Waals surface area (Å²) < 4.78 is 49.1. The number of ether oxygens (including phenoxy) is 2. The second-order valence-electron chi connectivity index (χ2n) is 7.51. The number of hydrogen-bond donors (Lipinski definition) is 0. The number of allylic oxidation sites excluding steroid dienone is 1. The molecule has 1 aromatic rings. The summed E-state index contributed by atoms with van der Waals surface area (Å²) in [6.07, 6.45) is -4.03. The summed E-state index contributed by atoms with van der Waals surface area (Å²) >= 11 is 0. The van der Waals surface area contributed by atoms with Gasteiger partial charge >= 0.3 is 18.1 Å². The number of rotatable bonds is 6. The van der Waals surface area contributed by atoms with E-state index in [9.17, 15) is 22.8 Å². The number of methoxy groups -OCH3 is 2. The van der Waals surface area contributed by atoms with Crippen molar-refractivity contribution in [1.82, 2.24) is 9.80 Å². The van der Waals surface area contributed by atoms with E-state index in [0.29, 0.717) is 29.9 Å². The molecule has 0 fully saturated rings. The summed E-state index contributed by atoms with van der Waals surface area (Å²) in [7, 11) is 7.95. The lowest BCUT2D eigenvalue weighted by atomic mass is 9.79. The van der Waals surface area contributed by atoms with Gasteiger partial charge in [0.1, 0.15) is 0 Å². The highest BCUT2D eigenvalue weighted by molar-refractivity contribution is 5.99. The van der Waals surface area contributed by atoms with Gasteiger partial charge < -0.3 is 19.3 Å². The zero-order chi connectivity index (χ0) is 23.5. The predicted octanol–water partition coefficient (Wildman–Crippen LogP) is 3.56. The molecule has 1 aliphatic rings. The summed E-state index contributed by atoms with van der Waals surface area (Å²) in [6, 6.07) is 4.43. The molecule has 0 saturated heterocycles. The monoisotopic (exact) mass is 440 g/mol. The first kappa shape index (κ1) is 24.5. The molecule has 0 aromatic heterocycles. The molecule has 9 heteroatoms. The van der Waals surface area contributed by atoms with Gasteiger partial charge in [0.25, 0.3) is 0 Å². The molecule has 170 valence electrons. The van der Waals surface area contributed by atoms with E-state index in [2.05, 4.69) is 0 Å². The normalized spacial score (nSPS) is 17.4. The van der Waals surface area contributed by atoms with Gasteiger partial charge in [0, 0.05) is 31.4 Å². The van der Waals surface area contributed by atoms with E-state index in [1.54, 1.807) is 18.9 Å². The van der Waals surface area contributed by atoms with Crippen molar-refractivity contribution >= 4 is 11.9 Å². The summed E-state index contributed by atoms with van der Waals surface area (Å²) in [5.41, 5.74) is 1.12. The lowest BCUT2D eigenvalue weighted by molar-refractivity contribution is -0.138. The van der Waals surface area contributed by atoms with Gasteiger partial charge in [0.05, 0.1) is 36.8 Å². The molecule has 0 amide bonds. The second kappa shape index (κ2) is 9.55. The van der Waals surface area contributed by atoms with E-state index in [1.165, 1.54) is 26.4 Å². The maximum absolute atomic E-state index is 13.1. The van der Waals surface area contributed by atoms with Crippen molar-refractivity contribution in [3.05, 3.63) is 57.9 Å². The van der Waals surface area contributed by atoms with Crippen LogP contribution >= 0.6 is 0 Å². The first-order valence-electron chi connectivity index (χ1n) is 9.60. The Morgan fingerprint density at radius 1 is 1.03 bits per heavy atom. The number of carbonyl (C=O) groups is 2. The largest absolute Gasteiger partial charge is 0.466 e. The van der Waals surface area contributed by atoms with Gasteiger partial charge in [-0.3, -0.25) is 0 Å². The van der Waals surface area contributed by atoms with E-state index in [0.717, 1.165) is 12.1 Å². The van der Waals surface area contributed by atoms with Crippen LogP contribution in [0.4, 0.5) is 13.2 Å². The van der Waals surface area contributed by atoms with Crippen molar-refractivity contribution < 1.29 is 32.2 Å². The van der Waals surface area contributed by atoms with E-state index in [1.807, 2.05) is 19.0 Å². The molecule has 2 rings (SSSR count). The summed E-state index contributed by atoms with van der Waals surface area (Å²) in [5, 5.41) is 0. The lowest BCUT2D eigenvalue weighted by Crippen LogP contribution is -2.35. The van der Waals surface area contributed by atoms with Crippen molar-refractivity contribution in [3.63, 3.8) is 0 Å². The van der Waals surface area contributed by atoms with Crippen molar-refractivity contribution in [2.24, 2.45) is 0 Å². The zero-order valence-electron chi connectivity index (χ0n) is 18.5. The van der Waals surface area contributed by atoms with Gasteiger partial charge in [-0.05, 0) is 38.7 Å². The Morgan fingerprint density at radius 3 is 2.00 bits per heavy atom. The first-order chi connectivity index (χ1) is 14.4. The highest BCUT2D eigenvalue weighted by atomic mass is 19.4. The maximum Gasteiger partial charge on any atom is 0.416 e. The third-order valence-corrected chi connectivity index (χ3v) is 5.36. The van der Waals surface area contributed by atoms with Crippen molar-refractivity contribution in [2.45, 2.75) is 25.4 Å². The minimum absolute atomic E-state index is 0.179. The predicted molar refractivity (Wildman–Crippen MR) is 109 cm³/mol. The van der Waals surface area contributed by atoms with Crippen LogP contribution in [0.5, 0.6) is 0 Å². The van der Waals surface area contributed by atoms with E-state index >= 15 is 0 Å². The number of esters is 2. The third kappa shape index (κ3) is 5.10. The average Bonchev–Trinajstić information content (AvgIpc) is 2.72. The van der Waals surface area contributed by atoms with Gasteiger partial charge in [-0.25, -0.2) is 9.59 Å². The van der Waals surface area contributed by atoms with E-state index in [4.69, 9.17) is 9.47 Å². The van der Waals surface area contributed by atoms with Crippen molar-refractivity contribution in [1.29, 1.82) is 0 Å². The standard InChI is InChI=1S/C22H27F3N2O4/c1-13-17(20(28)30-5)18(14-7-9-15(10-8-14)22(23,24)25)19(21(29)31-6)16(27(13)4)11-12-26(2)3/h7-10,18H,11-12H2,1-6H3. The Balaban J connectivity index is 2.75. The molecule has 0 aliphatic carbocycles. The molecule has 0 spiro atoms. The maximum atomic E-state index is 13.1. The number of hydrogen-bond acceptors (Lipinski definition) is 6. The smallest absolute Gasteiger partial charge is 0.416 e. The number of halogens is 3. The Morgan fingerprint density at radius 2 is 1.55 bits per heavy atom. The topological polar surface area (TPSA) is 59.1 Å². The molecule has 1 unspecified atom stereocenters. The second-order valence-corrected chi connectivity index (χ2v) is 7.51. The fourth-order valence-electron chi connectivity index (χ4n) is 3.63. The van der Waals surface area contributed by atoms with Crippen LogP contribution in [0, 0.1) is 0 Å². The minimum atomic E-state index is -4.50. The molecule has 1 atom stereocenters. The Labute approximate surface area is 179 Å². The van der Waals surface area contributed by atoms with Crippen LogP contribution in [0.25, 0.3) is 0 Å². The van der Waals surface area contributed by atoms with Crippen molar-refractivity contribution in [3.8, 4) is 0 Å². The van der Waals surface area contributed by atoms with Gasteiger partial charge in [0.15, 0.2) is 0 Å². The zero-order valence-corrected chi connectivity index (χ0v) is 18.5. The fourth-order valence-corrected chi connectivity index (χ4v) is 3.63. The van der Waals surface area contributed by atoms with Gasteiger partial charge in [-0.1, -0.05) is 12.1 Å². The Hall–Kier alpha value is -2.81. The van der Waals surface area contributed by atoms with Crippen LogP contribution in [0.1, 0.15) is 30.4 Å². The van der Waals surface area contributed by atoms with Crippen LogP contribution in [-0.4, -0.2) is 63.6 Å². The minimum Gasteiger partial charge on any atom is -0.466 e. The molecular formula is C22H27F3N2O4. The van der Waals surface area contributed by atoms with Crippen LogP contribution in [0.2, 0.25) is 0 Å². The number of nitrogens with zero attached hydrogens (tertiary/aromatic N) is 2. The molecule has 0 bridgehead atoms. The van der Waals surface area contributed by atoms with E-state index < -0.39 is 29.6 Å². The van der Waals surface area contributed by atoms with Crippen LogP contribution in [0.15, 0.2) is 46.8 Å². The van der Waals surface area contributed by atoms with E-state index in [-0.39, 0.29) is 11.1 Å². The molecule has 31 heavy (non-hydrogen) atoms.